The van der Waals surface area contributed by atoms with Crippen LogP contribution in [-0.2, 0) is 0 Å². The number of halogens is 1. The maximum Gasteiger partial charge on any atom is 0.260 e. The number of thiazole rings is 1. The molecule has 0 bridgehead atoms. The van der Waals surface area contributed by atoms with Crippen LogP contribution in [0.2, 0.25) is 0 Å². The SMILES string of the molecule is CCN(CC)CCN(C(=O)c1cccc(C)c1)c1nc2ccccc2s1.Cl. The number of benzene rings is 2. The number of hydrogen-bond donors (Lipinski definition) is 0. The highest BCUT2D eigenvalue weighted by molar-refractivity contribution is 7.22. The number of para-hydroxylation sites is 1. The van der Waals surface area contributed by atoms with E-state index in [1.165, 1.54) is 0 Å². The number of hydrogen-bond acceptors (Lipinski definition) is 4. The first-order valence-electron chi connectivity index (χ1n) is 9.08. The van der Waals surface area contributed by atoms with E-state index in [-0.39, 0.29) is 18.3 Å². The van der Waals surface area contributed by atoms with E-state index in [1.54, 1.807) is 11.3 Å². The average molecular weight is 404 g/mol. The molecule has 2 aromatic carbocycles. The molecule has 0 fully saturated rings. The predicted molar refractivity (Wildman–Crippen MR) is 118 cm³/mol. The van der Waals surface area contributed by atoms with Gasteiger partial charge in [-0.05, 0) is 44.3 Å². The summed E-state index contributed by atoms with van der Waals surface area (Å²) in [6, 6.07) is 15.8. The Labute approximate surface area is 171 Å². The van der Waals surface area contributed by atoms with Crippen molar-refractivity contribution in [3.8, 4) is 0 Å². The third-order valence-electron chi connectivity index (χ3n) is 4.56. The van der Waals surface area contributed by atoms with Gasteiger partial charge in [0.05, 0.1) is 10.2 Å². The number of carbonyl (C=O) groups is 1. The van der Waals surface area contributed by atoms with E-state index in [2.05, 4.69) is 24.8 Å². The molecule has 1 aromatic heterocycles. The fourth-order valence-electron chi connectivity index (χ4n) is 2.97. The first-order chi connectivity index (χ1) is 12.6. The highest BCUT2D eigenvalue weighted by Crippen LogP contribution is 2.29. The Morgan fingerprint density at radius 2 is 1.78 bits per heavy atom. The van der Waals surface area contributed by atoms with Gasteiger partial charge in [-0.1, -0.05) is 55.0 Å². The molecule has 0 saturated carbocycles. The standard InChI is InChI=1S/C21H25N3OS.ClH/c1-4-23(5-2)13-14-24(20(25)17-10-8-9-16(3)15-17)21-22-18-11-6-7-12-19(18)26-21;/h6-12,15H,4-5,13-14H2,1-3H3;1H. The monoisotopic (exact) mass is 403 g/mol. The van der Waals surface area contributed by atoms with Gasteiger partial charge in [0.15, 0.2) is 5.13 Å². The van der Waals surface area contributed by atoms with Crippen molar-refractivity contribution in [3.05, 3.63) is 59.7 Å². The molecule has 3 aromatic rings. The highest BCUT2D eigenvalue weighted by Gasteiger charge is 2.21. The van der Waals surface area contributed by atoms with Crippen molar-refractivity contribution in [2.45, 2.75) is 20.8 Å². The summed E-state index contributed by atoms with van der Waals surface area (Å²) in [5, 5.41) is 0.768. The van der Waals surface area contributed by atoms with Crippen molar-refractivity contribution in [2.75, 3.05) is 31.1 Å². The van der Waals surface area contributed by atoms with Crippen LogP contribution >= 0.6 is 23.7 Å². The molecule has 0 radical (unpaired) electrons. The molecule has 1 heterocycles. The van der Waals surface area contributed by atoms with Crippen LogP contribution in [-0.4, -0.2) is 42.0 Å². The summed E-state index contributed by atoms with van der Waals surface area (Å²) in [4.78, 5) is 22.1. The molecule has 6 heteroatoms. The Kier molecular flexibility index (Phi) is 7.78. The highest BCUT2D eigenvalue weighted by atomic mass is 35.5. The van der Waals surface area contributed by atoms with Gasteiger partial charge in [0.25, 0.3) is 5.91 Å². The molecule has 3 rings (SSSR count). The lowest BCUT2D eigenvalue weighted by Gasteiger charge is -2.24. The molecule has 0 atom stereocenters. The lowest BCUT2D eigenvalue weighted by Crippen LogP contribution is -2.38. The number of aryl methyl sites for hydroxylation is 1. The molecule has 4 nitrogen and oxygen atoms in total. The van der Waals surface area contributed by atoms with Crippen LogP contribution in [0.4, 0.5) is 5.13 Å². The zero-order valence-electron chi connectivity index (χ0n) is 16.0. The van der Waals surface area contributed by atoms with Gasteiger partial charge in [-0.2, -0.15) is 0 Å². The van der Waals surface area contributed by atoms with E-state index in [0.717, 1.165) is 40.5 Å². The summed E-state index contributed by atoms with van der Waals surface area (Å²) in [7, 11) is 0. The summed E-state index contributed by atoms with van der Waals surface area (Å²) >= 11 is 1.57. The number of rotatable bonds is 7. The molecule has 1 amide bonds. The van der Waals surface area contributed by atoms with E-state index < -0.39 is 0 Å². The van der Waals surface area contributed by atoms with Crippen LogP contribution in [0.25, 0.3) is 10.2 Å². The van der Waals surface area contributed by atoms with Crippen LogP contribution in [0.5, 0.6) is 0 Å². The molecule has 0 aliphatic heterocycles. The normalized spacial score (nSPS) is 10.8. The third kappa shape index (κ3) is 5.06. The Morgan fingerprint density at radius 1 is 1.04 bits per heavy atom. The summed E-state index contributed by atoms with van der Waals surface area (Å²) in [5.74, 6) is 0.0138. The zero-order chi connectivity index (χ0) is 18.5. The summed E-state index contributed by atoms with van der Waals surface area (Å²) in [6.07, 6.45) is 0. The molecule has 0 saturated heterocycles. The van der Waals surface area contributed by atoms with Crippen molar-refractivity contribution in [3.63, 3.8) is 0 Å². The van der Waals surface area contributed by atoms with Gasteiger partial charge >= 0.3 is 0 Å². The predicted octanol–water partition coefficient (Wildman–Crippen LogP) is 5.02. The van der Waals surface area contributed by atoms with E-state index in [1.807, 2.05) is 54.3 Å². The minimum atomic E-state index is 0. The van der Waals surface area contributed by atoms with Gasteiger partial charge < -0.3 is 4.90 Å². The summed E-state index contributed by atoms with van der Waals surface area (Å²) in [6.45, 7) is 9.72. The second-order valence-electron chi connectivity index (χ2n) is 6.32. The molecule has 0 aliphatic rings. The van der Waals surface area contributed by atoms with Gasteiger partial charge in [0.1, 0.15) is 0 Å². The van der Waals surface area contributed by atoms with Crippen LogP contribution < -0.4 is 4.90 Å². The second kappa shape index (κ2) is 9.83. The Hall–Kier alpha value is -1.95. The van der Waals surface area contributed by atoms with E-state index in [4.69, 9.17) is 4.98 Å². The molecule has 0 N–H and O–H groups in total. The fourth-order valence-corrected chi connectivity index (χ4v) is 3.96. The van der Waals surface area contributed by atoms with Crippen molar-refractivity contribution >= 4 is 45.0 Å². The smallest absolute Gasteiger partial charge is 0.260 e. The van der Waals surface area contributed by atoms with Crippen molar-refractivity contribution in [1.29, 1.82) is 0 Å². The maximum absolute atomic E-state index is 13.2. The lowest BCUT2D eigenvalue weighted by atomic mass is 10.1. The van der Waals surface area contributed by atoms with Crippen LogP contribution in [0.3, 0.4) is 0 Å². The number of anilines is 1. The molecule has 0 unspecified atom stereocenters. The topological polar surface area (TPSA) is 36.4 Å². The molecular weight excluding hydrogens is 378 g/mol. The van der Waals surface area contributed by atoms with Gasteiger partial charge in [-0.25, -0.2) is 4.98 Å². The van der Waals surface area contributed by atoms with Crippen molar-refractivity contribution in [1.82, 2.24) is 9.88 Å². The molecule has 144 valence electrons. The quantitative estimate of drug-likeness (QED) is 0.556. The number of fused-ring (bicyclic) bond motifs is 1. The minimum absolute atomic E-state index is 0. The second-order valence-corrected chi connectivity index (χ2v) is 7.33. The van der Waals surface area contributed by atoms with Crippen LogP contribution in [0.15, 0.2) is 48.5 Å². The van der Waals surface area contributed by atoms with Crippen LogP contribution in [0.1, 0.15) is 29.8 Å². The number of likely N-dealkylation sites (N-methyl/N-ethyl adjacent to an activating group) is 1. The molecule has 27 heavy (non-hydrogen) atoms. The number of carbonyl (C=O) groups excluding carboxylic acids is 1. The number of nitrogens with zero attached hydrogens (tertiary/aromatic N) is 3. The zero-order valence-corrected chi connectivity index (χ0v) is 17.6. The van der Waals surface area contributed by atoms with Gasteiger partial charge in [0.2, 0.25) is 0 Å². The first-order valence-corrected chi connectivity index (χ1v) is 9.90. The molecule has 0 aliphatic carbocycles. The minimum Gasteiger partial charge on any atom is -0.302 e. The third-order valence-corrected chi connectivity index (χ3v) is 5.62. The van der Waals surface area contributed by atoms with Crippen LogP contribution in [0, 0.1) is 6.92 Å². The Bertz CT molecular complexity index is 859. The van der Waals surface area contributed by atoms with Crippen molar-refractivity contribution < 1.29 is 4.79 Å². The number of amides is 1. The fraction of sp³-hybridized carbons (Fsp3) is 0.333. The lowest BCUT2D eigenvalue weighted by molar-refractivity contribution is 0.0983. The maximum atomic E-state index is 13.2. The Balaban J connectivity index is 0.00000261. The van der Waals surface area contributed by atoms with Crippen molar-refractivity contribution in [2.24, 2.45) is 0 Å². The van der Waals surface area contributed by atoms with E-state index >= 15 is 0 Å². The summed E-state index contributed by atoms with van der Waals surface area (Å²) in [5.41, 5.74) is 2.74. The average Bonchev–Trinajstić information content (AvgIpc) is 3.08. The largest absolute Gasteiger partial charge is 0.302 e. The molecule has 0 spiro atoms. The van der Waals surface area contributed by atoms with Gasteiger partial charge in [0, 0.05) is 18.7 Å². The first kappa shape index (κ1) is 21.4. The Morgan fingerprint density at radius 3 is 2.44 bits per heavy atom. The van der Waals surface area contributed by atoms with Gasteiger partial charge in [-0.3, -0.25) is 9.69 Å². The number of aromatic nitrogens is 1. The summed E-state index contributed by atoms with van der Waals surface area (Å²) < 4.78 is 1.10. The van der Waals surface area contributed by atoms with Gasteiger partial charge in [-0.15, -0.1) is 12.4 Å². The van der Waals surface area contributed by atoms with E-state index in [0.29, 0.717) is 12.1 Å². The van der Waals surface area contributed by atoms with E-state index in [9.17, 15) is 4.79 Å². The molecular formula is C21H26ClN3OS.